The van der Waals surface area contributed by atoms with E-state index in [1.54, 1.807) is 41.5 Å². The summed E-state index contributed by atoms with van der Waals surface area (Å²) in [5.41, 5.74) is -1.51. The van der Waals surface area contributed by atoms with Crippen LogP contribution in [-0.2, 0) is 32.4 Å². The second kappa shape index (κ2) is 7.82. The quantitative estimate of drug-likeness (QED) is 0.583. The maximum absolute atomic E-state index is 12.2. The number of carbonyl (C=O) groups excluding carboxylic acids is 2. The number of amides is 1. The molecule has 0 aromatic carbocycles. The standard InChI is InChI=1S/C14H26NO8P/c1-13(2,3)22-11(16)10(15-12(17)23-14(4,5)6)9-21-24(18)19-7-8-20-24/h10H,7-9H2,1-6H3,(H,15,17). The van der Waals surface area contributed by atoms with Crippen LogP contribution in [0.15, 0.2) is 0 Å². The normalized spacial score (nSPS) is 18.8. The van der Waals surface area contributed by atoms with Gasteiger partial charge in [0.05, 0.1) is 19.8 Å². The Bertz CT molecular complexity index is 498. The maximum atomic E-state index is 12.2. The van der Waals surface area contributed by atoms with E-state index in [1.807, 2.05) is 0 Å². The Morgan fingerprint density at radius 2 is 1.54 bits per heavy atom. The van der Waals surface area contributed by atoms with Crippen LogP contribution in [0.2, 0.25) is 0 Å². The molecule has 0 aromatic heterocycles. The highest BCUT2D eigenvalue weighted by Gasteiger charge is 2.36. The smallest absolute Gasteiger partial charge is 0.458 e. The van der Waals surface area contributed by atoms with Gasteiger partial charge in [0.2, 0.25) is 0 Å². The zero-order chi connectivity index (χ0) is 18.6. The molecule has 140 valence electrons. The lowest BCUT2D eigenvalue weighted by molar-refractivity contribution is -0.158. The van der Waals surface area contributed by atoms with Gasteiger partial charge in [-0.2, -0.15) is 0 Å². The summed E-state index contributed by atoms with van der Waals surface area (Å²) in [5, 5.41) is 2.34. The molecule has 0 bridgehead atoms. The lowest BCUT2D eigenvalue weighted by atomic mass is 10.2. The van der Waals surface area contributed by atoms with E-state index >= 15 is 0 Å². The molecular formula is C14H26NO8P. The van der Waals surface area contributed by atoms with E-state index in [0.717, 1.165) is 0 Å². The maximum Gasteiger partial charge on any atom is 0.475 e. The first-order chi connectivity index (χ1) is 10.8. The van der Waals surface area contributed by atoms with Gasteiger partial charge >= 0.3 is 19.9 Å². The van der Waals surface area contributed by atoms with Crippen molar-refractivity contribution in [2.45, 2.75) is 58.8 Å². The molecule has 10 heteroatoms. The SMILES string of the molecule is CC(C)(C)OC(=O)NC(COP1(=O)OCCO1)C(=O)OC(C)(C)C. The number of phosphoric acid groups is 1. The summed E-state index contributed by atoms with van der Waals surface area (Å²) < 4.78 is 37.1. The molecule has 0 aliphatic carbocycles. The van der Waals surface area contributed by atoms with Gasteiger partial charge in [-0.1, -0.05) is 0 Å². The molecule has 1 heterocycles. The van der Waals surface area contributed by atoms with Gasteiger partial charge in [0.15, 0.2) is 6.04 Å². The van der Waals surface area contributed by atoms with Crippen molar-refractivity contribution < 1.29 is 37.2 Å². The third kappa shape index (κ3) is 8.10. The van der Waals surface area contributed by atoms with E-state index in [0.29, 0.717) is 0 Å². The zero-order valence-corrected chi connectivity index (χ0v) is 15.8. The second-order valence-corrected chi connectivity index (χ2v) is 8.81. The Morgan fingerprint density at radius 3 is 2.00 bits per heavy atom. The van der Waals surface area contributed by atoms with Crippen molar-refractivity contribution in [1.29, 1.82) is 0 Å². The number of nitrogens with one attached hydrogen (secondary N) is 1. The van der Waals surface area contributed by atoms with Crippen LogP contribution < -0.4 is 5.32 Å². The third-order valence-corrected chi connectivity index (χ3v) is 3.83. The number of ether oxygens (including phenoxy) is 2. The van der Waals surface area contributed by atoms with Crippen LogP contribution in [0.1, 0.15) is 41.5 Å². The summed E-state index contributed by atoms with van der Waals surface area (Å²) in [6.45, 7) is 9.93. The molecule has 1 aliphatic heterocycles. The summed E-state index contributed by atoms with van der Waals surface area (Å²) in [6, 6.07) is -1.22. The lowest BCUT2D eigenvalue weighted by Gasteiger charge is -2.26. The number of hydrogen-bond acceptors (Lipinski definition) is 8. The Balaban J connectivity index is 2.73. The lowest BCUT2D eigenvalue weighted by Crippen LogP contribution is -2.48. The van der Waals surface area contributed by atoms with Crippen molar-refractivity contribution in [3.05, 3.63) is 0 Å². The van der Waals surface area contributed by atoms with Gasteiger partial charge in [-0.15, -0.1) is 0 Å². The minimum absolute atomic E-state index is 0.133. The molecule has 1 fully saturated rings. The van der Waals surface area contributed by atoms with E-state index < -0.39 is 43.7 Å². The van der Waals surface area contributed by atoms with Crippen LogP contribution >= 0.6 is 7.82 Å². The fourth-order valence-corrected chi connectivity index (χ4v) is 2.72. The minimum atomic E-state index is -3.70. The third-order valence-electron chi connectivity index (χ3n) is 2.36. The molecule has 0 radical (unpaired) electrons. The minimum Gasteiger partial charge on any atom is -0.458 e. The molecule has 0 spiro atoms. The molecule has 0 aromatic rings. The van der Waals surface area contributed by atoms with Gasteiger partial charge < -0.3 is 14.8 Å². The average molecular weight is 367 g/mol. The average Bonchev–Trinajstić information content (AvgIpc) is 2.77. The highest BCUT2D eigenvalue weighted by molar-refractivity contribution is 7.48. The predicted molar refractivity (Wildman–Crippen MR) is 84.5 cm³/mol. The van der Waals surface area contributed by atoms with Crippen molar-refractivity contribution in [2.75, 3.05) is 19.8 Å². The molecule has 1 N–H and O–H groups in total. The molecule has 24 heavy (non-hydrogen) atoms. The fourth-order valence-electron chi connectivity index (χ4n) is 1.57. The van der Waals surface area contributed by atoms with Crippen LogP contribution in [0.3, 0.4) is 0 Å². The van der Waals surface area contributed by atoms with Crippen molar-refractivity contribution >= 4 is 19.9 Å². The predicted octanol–water partition coefficient (Wildman–Crippen LogP) is 2.39. The molecule has 1 atom stereocenters. The van der Waals surface area contributed by atoms with Crippen molar-refractivity contribution in [3.8, 4) is 0 Å². The largest absolute Gasteiger partial charge is 0.475 e. The van der Waals surface area contributed by atoms with E-state index in [-0.39, 0.29) is 13.2 Å². The molecule has 1 saturated heterocycles. The Morgan fingerprint density at radius 1 is 1.04 bits per heavy atom. The van der Waals surface area contributed by atoms with Crippen LogP contribution in [-0.4, -0.2) is 49.1 Å². The van der Waals surface area contributed by atoms with E-state index in [1.165, 1.54) is 0 Å². The summed E-state index contributed by atoms with van der Waals surface area (Å²) >= 11 is 0. The van der Waals surface area contributed by atoms with Crippen molar-refractivity contribution in [1.82, 2.24) is 5.32 Å². The van der Waals surface area contributed by atoms with Gasteiger partial charge in [-0.3, -0.25) is 13.6 Å². The molecule has 1 amide bonds. The van der Waals surface area contributed by atoms with Gasteiger partial charge in [0.1, 0.15) is 11.2 Å². The Kier molecular flexibility index (Phi) is 6.81. The van der Waals surface area contributed by atoms with E-state index in [2.05, 4.69) is 5.32 Å². The number of hydrogen-bond donors (Lipinski definition) is 1. The molecule has 1 aliphatic rings. The van der Waals surface area contributed by atoms with Crippen molar-refractivity contribution in [2.24, 2.45) is 0 Å². The molecule has 0 saturated carbocycles. The highest BCUT2D eigenvalue weighted by Crippen LogP contribution is 2.52. The monoisotopic (exact) mass is 367 g/mol. The topological polar surface area (TPSA) is 109 Å². The Labute approximate surface area is 141 Å². The second-order valence-electron chi connectivity index (χ2n) is 7.14. The first kappa shape index (κ1) is 20.9. The van der Waals surface area contributed by atoms with Crippen LogP contribution in [0.4, 0.5) is 4.79 Å². The van der Waals surface area contributed by atoms with Crippen LogP contribution in [0.5, 0.6) is 0 Å². The van der Waals surface area contributed by atoms with Crippen LogP contribution in [0, 0.1) is 0 Å². The number of esters is 1. The van der Waals surface area contributed by atoms with Crippen molar-refractivity contribution in [3.63, 3.8) is 0 Å². The van der Waals surface area contributed by atoms with E-state index in [9.17, 15) is 14.2 Å². The van der Waals surface area contributed by atoms with Gasteiger partial charge in [0.25, 0.3) is 0 Å². The first-order valence-corrected chi connectivity index (χ1v) is 9.02. The highest BCUT2D eigenvalue weighted by atomic mass is 31.2. The molecule has 1 unspecified atom stereocenters. The molecule has 9 nitrogen and oxygen atoms in total. The molecular weight excluding hydrogens is 341 g/mol. The number of carbonyl (C=O) groups is 2. The summed E-state index contributed by atoms with van der Waals surface area (Å²) in [4.78, 5) is 24.1. The van der Waals surface area contributed by atoms with Gasteiger partial charge in [-0.05, 0) is 41.5 Å². The number of rotatable bonds is 5. The zero-order valence-electron chi connectivity index (χ0n) is 14.9. The summed E-state index contributed by atoms with van der Waals surface area (Å²) in [5.74, 6) is -0.751. The Hall–Kier alpha value is -1.15. The van der Waals surface area contributed by atoms with Crippen LogP contribution in [0.25, 0.3) is 0 Å². The summed E-state index contributed by atoms with van der Waals surface area (Å²) in [7, 11) is -3.70. The number of phosphoric ester groups is 1. The van der Waals surface area contributed by atoms with Gasteiger partial charge in [-0.25, -0.2) is 14.2 Å². The van der Waals surface area contributed by atoms with Gasteiger partial charge in [0, 0.05) is 0 Å². The first-order valence-electron chi connectivity index (χ1n) is 7.56. The summed E-state index contributed by atoms with van der Waals surface area (Å²) in [6.07, 6.45) is -0.825. The molecule has 1 rings (SSSR count). The fraction of sp³-hybridized carbons (Fsp3) is 0.857. The number of alkyl carbamates (subject to hydrolysis) is 1. The van der Waals surface area contributed by atoms with E-state index in [4.69, 9.17) is 23.0 Å².